The zero-order valence-corrected chi connectivity index (χ0v) is 18.7. The van der Waals surface area contributed by atoms with Crippen molar-refractivity contribution in [3.8, 4) is 0 Å². The predicted octanol–water partition coefficient (Wildman–Crippen LogP) is 1.74. The fraction of sp³-hybridized carbons (Fsp3) is 0.625. The molecular weight excluding hydrogens is 463 g/mol. The first-order chi connectivity index (χ1) is 12.2. The summed E-state index contributed by atoms with van der Waals surface area (Å²) in [5, 5.41) is 10.8. The highest BCUT2D eigenvalue weighted by atomic mass is 127. The number of hydrogen-bond donors (Lipinski definition) is 1. The molecule has 1 fully saturated rings. The largest absolute Gasteiger partial charge is 0.356 e. The molecule has 2 aromatic rings. The van der Waals surface area contributed by atoms with Gasteiger partial charge in [-0.1, -0.05) is 0 Å². The van der Waals surface area contributed by atoms with Gasteiger partial charge in [0.05, 0.1) is 12.2 Å². The Morgan fingerprint density at radius 2 is 2.15 bits per heavy atom. The summed E-state index contributed by atoms with van der Waals surface area (Å²) < 4.78 is 1.78. The van der Waals surface area contributed by atoms with E-state index in [4.69, 9.17) is 4.98 Å². The Kier molecular flexibility index (Phi) is 8.07. The summed E-state index contributed by atoms with van der Waals surface area (Å²) in [4.78, 5) is 17.8. The number of hydrogen-bond acceptors (Lipinski definition) is 6. The molecule has 1 N–H and O–H groups in total. The number of halogens is 1. The molecule has 0 aromatic carbocycles. The van der Waals surface area contributed by atoms with Gasteiger partial charge >= 0.3 is 0 Å². The van der Waals surface area contributed by atoms with Crippen molar-refractivity contribution in [1.82, 2.24) is 30.0 Å². The average Bonchev–Trinajstić information content (AvgIpc) is 3.34. The van der Waals surface area contributed by atoms with Crippen molar-refractivity contribution < 1.29 is 0 Å². The smallest absolute Gasteiger partial charge is 0.193 e. The van der Waals surface area contributed by atoms with Crippen LogP contribution in [0.2, 0.25) is 0 Å². The number of aromatic nitrogens is 4. The van der Waals surface area contributed by atoms with Gasteiger partial charge in [0, 0.05) is 52.6 Å². The van der Waals surface area contributed by atoms with Gasteiger partial charge in [-0.25, -0.2) is 9.97 Å². The van der Waals surface area contributed by atoms with E-state index in [-0.39, 0.29) is 24.0 Å². The van der Waals surface area contributed by atoms with Crippen LogP contribution >= 0.6 is 35.3 Å². The van der Waals surface area contributed by atoms with E-state index in [0.717, 1.165) is 48.7 Å². The van der Waals surface area contributed by atoms with E-state index < -0.39 is 0 Å². The summed E-state index contributed by atoms with van der Waals surface area (Å²) in [6.45, 7) is 3.75. The number of nitrogens with zero attached hydrogens (tertiary/aromatic N) is 7. The zero-order chi connectivity index (χ0) is 17.6. The second kappa shape index (κ2) is 10.0. The first kappa shape index (κ1) is 20.9. The van der Waals surface area contributed by atoms with E-state index in [1.165, 1.54) is 12.8 Å². The molecule has 0 saturated carbocycles. The molecule has 1 saturated heterocycles. The summed E-state index contributed by atoms with van der Waals surface area (Å²) in [6.07, 6.45) is 5.02. The Bertz CT molecular complexity index is 707. The molecule has 3 rings (SSSR count). The quantitative estimate of drug-likeness (QED) is 0.378. The molecule has 0 atom stereocenters. The third-order valence-electron chi connectivity index (χ3n) is 4.34. The van der Waals surface area contributed by atoms with Crippen LogP contribution in [0.3, 0.4) is 0 Å². The molecule has 1 aliphatic heterocycles. The zero-order valence-electron chi connectivity index (χ0n) is 15.6. The van der Waals surface area contributed by atoms with E-state index in [9.17, 15) is 0 Å². The van der Waals surface area contributed by atoms with Crippen LogP contribution in [0.1, 0.15) is 24.4 Å². The third kappa shape index (κ3) is 5.29. The molecule has 0 unspecified atom stereocenters. The molecule has 1 aliphatic rings. The Balaban J connectivity index is 0.00000243. The topological polar surface area (TPSA) is 74.5 Å². The van der Waals surface area contributed by atoms with Crippen LogP contribution < -0.4 is 10.2 Å². The number of nitrogens with one attached hydrogen (secondary N) is 1. The van der Waals surface area contributed by atoms with Gasteiger partial charge < -0.3 is 15.1 Å². The van der Waals surface area contributed by atoms with Crippen molar-refractivity contribution in [2.75, 3.05) is 38.6 Å². The van der Waals surface area contributed by atoms with Crippen molar-refractivity contribution >= 4 is 46.4 Å². The van der Waals surface area contributed by atoms with Crippen LogP contribution in [-0.2, 0) is 20.0 Å². The molecule has 0 radical (unpaired) electrons. The Morgan fingerprint density at radius 3 is 2.81 bits per heavy atom. The van der Waals surface area contributed by atoms with Crippen molar-refractivity contribution in [2.45, 2.75) is 25.8 Å². The Hall–Kier alpha value is -1.43. The maximum atomic E-state index is 4.76. The van der Waals surface area contributed by atoms with Crippen LogP contribution in [0.5, 0.6) is 0 Å². The van der Waals surface area contributed by atoms with Crippen LogP contribution in [0, 0.1) is 0 Å². The molecule has 8 nitrogen and oxygen atoms in total. The SMILES string of the molecule is CN=C(NCCc1csc(N2CCCC2)n1)N(C)Cc1ncnn1C.I. The third-order valence-corrected chi connectivity index (χ3v) is 5.29. The average molecular weight is 490 g/mol. The maximum Gasteiger partial charge on any atom is 0.193 e. The molecule has 144 valence electrons. The number of rotatable bonds is 6. The minimum atomic E-state index is 0. The minimum absolute atomic E-state index is 0. The summed E-state index contributed by atoms with van der Waals surface area (Å²) >= 11 is 1.75. The highest BCUT2D eigenvalue weighted by Gasteiger charge is 2.15. The van der Waals surface area contributed by atoms with Gasteiger partial charge in [-0.2, -0.15) is 5.10 Å². The number of guanidine groups is 1. The van der Waals surface area contributed by atoms with Gasteiger partial charge in [0.2, 0.25) is 0 Å². The fourth-order valence-electron chi connectivity index (χ4n) is 2.90. The summed E-state index contributed by atoms with van der Waals surface area (Å²) in [5.41, 5.74) is 1.14. The van der Waals surface area contributed by atoms with Crippen molar-refractivity contribution in [1.29, 1.82) is 0 Å². The van der Waals surface area contributed by atoms with Crippen molar-refractivity contribution in [3.63, 3.8) is 0 Å². The monoisotopic (exact) mass is 490 g/mol. The minimum Gasteiger partial charge on any atom is -0.356 e. The molecule has 10 heteroatoms. The normalized spacial score (nSPS) is 14.4. The van der Waals surface area contributed by atoms with Gasteiger partial charge in [0.15, 0.2) is 11.1 Å². The lowest BCUT2D eigenvalue weighted by molar-refractivity contribution is 0.449. The Labute approximate surface area is 175 Å². The van der Waals surface area contributed by atoms with E-state index in [0.29, 0.717) is 6.54 Å². The fourth-order valence-corrected chi connectivity index (χ4v) is 3.82. The number of anilines is 1. The van der Waals surface area contributed by atoms with Gasteiger partial charge in [-0.15, -0.1) is 35.3 Å². The second-order valence-electron chi connectivity index (χ2n) is 6.20. The van der Waals surface area contributed by atoms with Crippen LogP contribution in [0.15, 0.2) is 16.7 Å². The highest BCUT2D eigenvalue weighted by Crippen LogP contribution is 2.24. The number of aryl methyl sites for hydroxylation is 1. The van der Waals surface area contributed by atoms with Gasteiger partial charge in [0.25, 0.3) is 0 Å². The van der Waals surface area contributed by atoms with Gasteiger partial charge in [-0.3, -0.25) is 9.67 Å². The van der Waals surface area contributed by atoms with Crippen molar-refractivity contribution in [3.05, 3.63) is 23.2 Å². The lowest BCUT2D eigenvalue weighted by Crippen LogP contribution is -2.39. The van der Waals surface area contributed by atoms with Gasteiger partial charge in [-0.05, 0) is 12.8 Å². The standard InChI is InChI=1S/C16H26N8S.HI/c1-17-15(22(2)10-14-19-12-20-23(14)3)18-7-6-13-11-25-16(21-13)24-8-4-5-9-24;/h11-12H,4-10H2,1-3H3,(H,17,18);1H. The number of thiazole rings is 1. The summed E-state index contributed by atoms with van der Waals surface area (Å²) in [7, 11) is 5.69. The molecule has 2 aromatic heterocycles. The molecule has 0 spiro atoms. The van der Waals surface area contributed by atoms with E-state index in [1.54, 1.807) is 29.4 Å². The van der Waals surface area contributed by atoms with E-state index >= 15 is 0 Å². The maximum absolute atomic E-state index is 4.76. The summed E-state index contributed by atoms with van der Waals surface area (Å²) in [5.74, 6) is 1.75. The van der Waals surface area contributed by atoms with Gasteiger partial charge in [0.1, 0.15) is 12.2 Å². The predicted molar refractivity (Wildman–Crippen MR) is 117 cm³/mol. The molecule has 0 bridgehead atoms. The molecule has 26 heavy (non-hydrogen) atoms. The highest BCUT2D eigenvalue weighted by molar-refractivity contribution is 14.0. The van der Waals surface area contributed by atoms with Crippen LogP contribution in [0.4, 0.5) is 5.13 Å². The molecular formula is C16H27IN8S. The van der Waals surface area contributed by atoms with Crippen LogP contribution in [-0.4, -0.2) is 64.3 Å². The van der Waals surface area contributed by atoms with E-state index in [2.05, 4.69) is 30.7 Å². The molecule has 3 heterocycles. The van der Waals surface area contributed by atoms with E-state index in [1.807, 2.05) is 19.0 Å². The molecule has 0 amide bonds. The Morgan fingerprint density at radius 1 is 1.38 bits per heavy atom. The summed E-state index contributed by atoms with van der Waals surface area (Å²) in [6, 6.07) is 0. The molecule has 0 aliphatic carbocycles. The lowest BCUT2D eigenvalue weighted by atomic mass is 10.3. The first-order valence-electron chi connectivity index (χ1n) is 8.61. The number of aliphatic imine (C=N–C) groups is 1. The second-order valence-corrected chi connectivity index (χ2v) is 7.03. The lowest BCUT2D eigenvalue weighted by Gasteiger charge is -2.21. The van der Waals surface area contributed by atoms with Crippen LogP contribution in [0.25, 0.3) is 0 Å². The van der Waals surface area contributed by atoms with Crippen molar-refractivity contribution in [2.24, 2.45) is 12.0 Å². The first-order valence-corrected chi connectivity index (χ1v) is 9.49.